The van der Waals surface area contributed by atoms with Gasteiger partial charge in [-0.15, -0.1) is 11.3 Å². The first-order chi connectivity index (χ1) is 12.4. The fraction of sp³-hybridized carbons (Fsp3) is 0.0625. The molecular weight excluding hydrogens is 371 g/mol. The number of halogens is 3. The van der Waals surface area contributed by atoms with Gasteiger partial charge in [0.25, 0.3) is 11.5 Å². The summed E-state index contributed by atoms with van der Waals surface area (Å²) >= 11 is 1.32. The SMILES string of the molecule is O=C(Nc1ccc(F)c(F)c1F)c1c[nH]c(=O)n(Cc2cccs2)c1=O. The highest BCUT2D eigenvalue weighted by molar-refractivity contribution is 7.09. The van der Waals surface area contributed by atoms with E-state index in [0.29, 0.717) is 10.9 Å². The number of H-pyrrole nitrogens is 1. The Balaban J connectivity index is 1.94. The first kappa shape index (κ1) is 17.7. The van der Waals surface area contributed by atoms with E-state index in [9.17, 15) is 27.6 Å². The molecule has 0 bridgehead atoms. The minimum Gasteiger partial charge on any atom is -0.319 e. The quantitative estimate of drug-likeness (QED) is 0.681. The van der Waals surface area contributed by atoms with Crippen LogP contribution in [0.1, 0.15) is 15.2 Å². The number of carbonyl (C=O) groups is 1. The third-order valence-corrected chi connectivity index (χ3v) is 4.34. The van der Waals surface area contributed by atoms with Crippen molar-refractivity contribution in [2.75, 3.05) is 5.32 Å². The molecule has 134 valence electrons. The third-order valence-electron chi connectivity index (χ3n) is 3.48. The second-order valence-electron chi connectivity index (χ2n) is 5.16. The van der Waals surface area contributed by atoms with Crippen LogP contribution in [0, 0.1) is 17.5 Å². The Morgan fingerprint density at radius 2 is 1.92 bits per heavy atom. The van der Waals surface area contributed by atoms with Gasteiger partial charge < -0.3 is 10.3 Å². The Labute approximate surface area is 147 Å². The van der Waals surface area contributed by atoms with Crippen molar-refractivity contribution in [3.8, 4) is 0 Å². The van der Waals surface area contributed by atoms with Gasteiger partial charge in [0.05, 0.1) is 12.2 Å². The smallest absolute Gasteiger partial charge is 0.319 e. The van der Waals surface area contributed by atoms with E-state index in [2.05, 4.69) is 4.98 Å². The van der Waals surface area contributed by atoms with Crippen LogP contribution in [0.2, 0.25) is 0 Å². The van der Waals surface area contributed by atoms with Gasteiger partial charge in [-0.25, -0.2) is 18.0 Å². The number of hydrogen-bond acceptors (Lipinski definition) is 4. The van der Waals surface area contributed by atoms with Gasteiger partial charge >= 0.3 is 5.69 Å². The van der Waals surface area contributed by atoms with E-state index in [4.69, 9.17) is 0 Å². The van der Waals surface area contributed by atoms with Crippen molar-refractivity contribution >= 4 is 22.9 Å². The molecule has 3 aromatic rings. The summed E-state index contributed by atoms with van der Waals surface area (Å²) in [6.07, 6.45) is 0.878. The molecule has 0 unspecified atom stereocenters. The van der Waals surface area contributed by atoms with E-state index in [1.165, 1.54) is 11.3 Å². The zero-order valence-electron chi connectivity index (χ0n) is 12.9. The van der Waals surface area contributed by atoms with Gasteiger partial charge in [-0.2, -0.15) is 0 Å². The first-order valence-electron chi connectivity index (χ1n) is 7.18. The number of nitrogens with zero attached hydrogens (tertiary/aromatic N) is 1. The van der Waals surface area contributed by atoms with Gasteiger partial charge in [-0.3, -0.25) is 14.2 Å². The van der Waals surface area contributed by atoms with Crippen LogP contribution in [0.3, 0.4) is 0 Å². The Morgan fingerprint density at radius 1 is 1.15 bits per heavy atom. The molecule has 1 amide bonds. The standard InChI is InChI=1S/C16H10F3N3O3S/c17-10-3-4-11(13(19)12(10)18)21-14(23)9-6-20-16(25)22(15(9)24)7-8-2-1-5-26-8/h1-6H,7H2,(H,20,25)(H,21,23). The molecule has 0 saturated heterocycles. The van der Waals surface area contributed by atoms with Crippen LogP contribution in [0.5, 0.6) is 0 Å². The maximum absolute atomic E-state index is 13.7. The Morgan fingerprint density at radius 3 is 2.62 bits per heavy atom. The topological polar surface area (TPSA) is 84.0 Å². The summed E-state index contributed by atoms with van der Waals surface area (Å²) < 4.78 is 40.7. The van der Waals surface area contributed by atoms with Crippen molar-refractivity contribution in [1.82, 2.24) is 9.55 Å². The summed E-state index contributed by atoms with van der Waals surface area (Å²) in [6.45, 7) is -0.0491. The second kappa shape index (κ2) is 7.00. The summed E-state index contributed by atoms with van der Waals surface area (Å²) in [5.41, 5.74) is -2.74. The minimum absolute atomic E-state index is 0.0491. The van der Waals surface area contributed by atoms with Crippen LogP contribution < -0.4 is 16.6 Å². The minimum atomic E-state index is -1.75. The molecule has 0 aliphatic heterocycles. The van der Waals surface area contributed by atoms with E-state index in [0.717, 1.165) is 16.8 Å². The van der Waals surface area contributed by atoms with E-state index in [-0.39, 0.29) is 6.54 Å². The van der Waals surface area contributed by atoms with Crippen molar-refractivity contribution in [3.63, 3.8) is 0 Å². The molecule has 10 heteroatoms. The molecule has 0 radical (unpaired) electrons. The lowest BCUT2D eigenvalue weighted by molar-refractivity contribution is 0.102. The zero-order valence-corrected chi connectivity index (χ0v) is 13.7. The fourth-order valence-corrected chi connectivity index (χ4v) is 2.88. The monoisotopic (exact) mass is 381 g/mol. The molecule has 0 spiro atoms. The molecule has 0 saturated carbocycles. The summed E-state index contributed by atoms with van der Waals surface area (Å²) in [7, 11) is 0. The summed E-state index contributed by atoms with van der Waals surface area (Å²) in [5.74, 6) is -5.83. The predicted octanol–water partition coefficient (Wildman–Crippen LogP) is 2.32. The van der Waals surface area contributed by atoms with E-state index in [1.54, 1.807) is 17.5 Å². The molecule has 0 aliphatic carbocycles. The van der Waals surface area contributed by atoms with Crippen LogP contribution >= 0.6 is 11.3 Å². The third kappa shape index (κ3) is 3.31. The molecule has 1 aromatic carbocycles. The molecule has 3 rings (SSSR count). The number of thiophene rings is 1. The maximum Gasteiger partial charge on any atom is 0.328 e. The average Bonchev–Trinajstić information content (AvgIpc) is 3.12. The van der Waals surface area contributed by atoms with Crippen LogP contribution in [0.15, 0.2) is 45.4 Å². The number of amides is 1. The van der Waals surface area contributed by atoms with E-state index < -0.39 is 45.9 Å². The van der Waals surface area contributed by atoms with Gasteiger partial charge in [-0.05, 0) is 23.6 Å². The zero-order chi connectivity index (χ0) is 18.8. The highest BCUT2D eigenvalue weighted by Crippen LogP contribution is 2.19. The highest BCUT2D eigenvalue weighted by atomic mass is 32.1. The Hall–Kier alpha value is -3.14. The van der Waals surface area contributed by atoms with Crippen molar-refractivity contribution in [3.05, 3.63) is 84.6 Å². The number of anilines is 1. The van der Waals surface area contributed by atoms with E-state index >= 15 is 0 Å². The number of rotatable bonds is 4. The number of hydrogen-bond donors (Lipinski definition) is 2. The largest absolute Gasteiger partial charge is 0.328 e. The number of aromatic nitrogens is 2. The molecule has 0 atom stereocenters. The number of aromatic amines is 1. The molecular formula is C16H10F3N3O3S. The maximum atomic E-state index is 13.7. The summed E-state index contributed by atoms with van der Waals surface area (Å²) in [4.78, 5) is 39.5. The normalized spacial score (nSPS) is 10.7. The lowest BCUT2D eigenvalue weighted by Gasteiger charge is -2.08. The molecule has 2 aromatic heterocycles. The van der Waals surface area contributed by atoms with Crippen LogP contribution in [-0.2, 0) is 6.54 Å². The number of nitrogens with one attached hydrogen (secondary N) is 2. The Kier molecular flexibility index (Phi) is 4.76. The average molecular weight is 381 g/mol. The van der Waals surface area contributed by atoms with Gasteiger partial charge in [0, 0.05) is 11.1 Å². The molecule has 0 aliphatic rings. The van der Waals surface area contributed by atoms with Crippen LogP contribution in [-0.4, -0.2) is 15.5 Å². The van der Waals surface area contributed by atoms with Gasteiger partial charge in [-0.1, -0.05) is 6.07 Å². The summed E-state index contributed by atoms with van der Waals surface area (Å²) in [5, 5.41) is 3.75. The molecule has 2 heterocycles. The first-order valence-corrected chi connectivity index (χ1v) is 8.06. The van der Waals surface area contributed by atoms with Gasteiger partial charge in [0.1, 0.15) is 5.56 Å². The number of carbonyl (C=O) groups excluding carboxylic acids is 1. The lowest BCUT2D eigenvalue weighted by Crippen LogP contribution is -2.39. The van der Waals surface area contributed by atoms with Crippen molar-refractivity contribution in [2.24, 2.45) is 0 Å². The predicted molar refractivity (Wildman–Crippen MR) is 89.0 cm³/mol. The molecule has 26 heavy (non-hydrogen) atoms. The Bertz CT molecular complexity index is 1090. The molecule has 0 fully saturated rings. The van der Waals surface area contributed by atoms with Crippen LogP contribution in [0.4, 0.5) is 18.9 Å². The van der Waals surface area contributed by atoms with Crippen molar-refractivity contribution in [1.29, 1.82) is 0 Å². The highest BCUT2D eigenvalue weighted by Gasteiger charge is 2.19. The van der Waals surface area contributed by atoms with Crippen LogP contribution in [0.25, 0.3) is 0 Å². The summed E-state index contributed by atoms with van der Waals surface area (Å²) in [6, 6.07) is 4.90. The van der Waals surface area contributed by atoms with Gasteiger partial charge in [0.15, 0.2) is 17.5 Å². The fourth-order valence-electron chi connectivity index (χ4n) is 2.19. The second-order valence-corrected chi connectivity index (χ2v) is 6.19. The lowest BCUT2D eigenvalue weighted by atomic mass is 10.2. The van der Waals surface area contributed by atoms with Gasteiger partial charge in [0.2, 0.25) is 0 Å². The molecule has 6 nitrogen and oxygen atoms in total. The van der Waals surface area contributed by atoms with Crippen molar-refractivity contribution < 1.29 is 18.0 Å². The molecule has 2 N–H and O–H groups in total. The van der Waals surface area contributed by atoms with E-state index in [1.807, 2.05) is 5.32 Å². The number of benzene rings is 1. The van der Waals surface area contributed by atoms with Crippen molar-refractivity contribution in [2.45, 2.75) is 6.54 Å².